The molecule has 0 saturated carbocycles. The first kappa shape index (κ1) is 21.9. The number of rotatable bonds is 8. The molecule has 1 N–H and O–H groups in total. The first-order chi connectivity index (χ1) is 15.5. The van der Waals surface area contributed by atoms with Crippen molar-refractivity contribution in [1.82, 2.24) is 9.78 Å². The van der Waals surface area contributed by atoms with E-state index in [-0.39, 0.29) is 12.6 Å². The van der Waals surface area contributed by atoms with E-state index in [0.29, 0.717) is 28.6 Å². The SMILES string of the molecule is O=C(Nc1cnn(COc2cccc(Cl)c2)c1)c1cccc(COc2cccc(Br)c2)c1. The predicted molar refractivity (Wildman–Crippen MR) is 127 cm³/mol. The summed E-state index contributed by atoms with van der Waals surface area (Å²) < 4.78 is 14.0. The highest BCUT2D eigenvalue weighted by molar-refractivity contribution is 9.10. The maximum Gasteiger partial charge on any atom is 0.255 e. The van der Waals surface area contributed by atoms with Crippen molar-refractivity contribution >= 4 is 39.1 Å². The molecule has 162 valence electrons. The van der Waals surface area contributed by atoms with Gasteiger partial charge in [-0.15, -0.1) is 0 Å². The first-order valence-electron chi connectivity index (χ1n) is 9.75. The number of carbonyl (C=O) groups excluding carboxylic acids is 1. The monoisotopic (exact) mass is 511 g/mol. The Morgan fingerprint density at radius 2 is 1.78 bits per heavy atom. The van der Waals surface area contributed by atoms with Gasteiger partial charge in [0.25, 0.3) is 5.91 Å². The molecule has 1 amide bonds. The van der Waals surface area contributed by atoms with Crippen LogP contribution in [0, 0.1) is 0 Å². The number of aromatic nitrogens is 2. The van der Waals surface area contributed by atoms with Crippen molar-refractivity contribution in [2.45, 2.75) is 13.3 Å². The van der Waals surface area contributed by atoms with Crippen molar-refractivity contribution in [3.63, 3.8) is 0 Å². The van der Waals surface area contributed by atoms with Crippen molar-refractivity contribution in [3.05, 3.63) is 106 Å². The molecular weight excluding hydrogens is 494 g/mol. The fourth-order valence-corrected chi connectivity index (χ4v) is 3.48. The summed E-state index contributed by atoms with van der Waals surface area (Å²) in [5.41, 5.74) is 1.99. The summed E-state index contributed by atoms with van der Waals surface area (Å²) in [6.45, 7) is 0.551. The van der Waals surface area contributed by atoms with E-state index in [4.69, 9.17) is 21.1 Å². The Labute approximate surface area is 198 Å². The maximum atomic E-state index is 12.7. The Bertz CT molecular complexity index is 1230. The highest BCUT2D eigenvalue weighted by Crippen LogP contribution is 2.20. The van der Waals surface area contributed by atoms with Gasteiger partial charge in [-0.3, -0.25) is 4.79 Å². The second-order valence-corrected chi connectivity index (χ2v) is 8.25. The Balaban J connectivity index is 1.33. The minimum atomic E-state index is -0.232. The number of anilines is 1. The average Bonchev–Trinajstić information content (AvgIpc) is 3.24. The van der Waals surface area contributed by atoms with E-state index >= 15 is 0 Å². The van der Waals surface area contributed by atoms with Gasteiger partial charge in [-0.2, -0.15) is 5.10 Å². The van der Waals surface area contributed by atoms with E-state index < -0.39 is 0 Å². The zero-order valence-corrected chi connectivity index (χ0v) is 19.2. The summed E-state index contributed by atoms with van der Waals surface area (Å²) in [5.74, 6) is 1.16. The van der Waals surface area contributed by atoms with E-state index in [1.165, 1.54) is 0 Å². The lowest BCUT2D eigenvalue weighted by Gasteiger charge is -2.08. The van der Waals surface area contributed by atoms with Gasteiger partial charge < -0.3 is 14.8 Å². The summed E-state index contributed by atoms with van der Waals surface area (Å²) in [4.78, 5) is 12.7. The van der Waals surface area contributed by atoms with Crippen LogP contribution in [0.15, 0.2) is 89.7 Å². The van der Waals surface area contributed by atoms with E-state index in [2.05, 4.69) is 26.3 Å². The van der Waals surface area contributed by atoms with Crippen LogP contribution in [0.25, 0.3) is 0 Å². The molecule has 0 fully saturated rings. The molecule has 0 spiro atoms. The molecule has 0 atom stereocenters. The third kappa shape index (κ3) is 6.12. The summed E-state index contributed by atoms with van der Waals surface area (Å²) in [6.07, 6.45) is 3.27. The number of carbonyl (C=O) groups is 1. The van der Waals surface area contributed by atoms with Gasteiger partial charge in [0.1, 0.15) is 18.1 Å². The zero-order chi connectivity index (χ0) is 22.3. The molecule has 8 heteroatoms. The number of nitrogens with one attached hydrogen (secondary N) is 1. The van der Waals surface area contributed by atoms with Gasteiger partial charge in [-0.25, -0.2) is 4.68 Å². The van der Waals surface area contributed by atoms with Crippen LogP contribution in [0.1, 0.15) is 15.9 Å². The van der Waals surface area contributed by atoms with Crippen LogP contribution in [0.3, 0.4) is 0 Å². The van der Waals surface area contributed by atoms with Crippen LogP contribution in [0.2, 0.25) is 5.02 Å². The van der Waals surface area contributed by atoms with Crippen LogP contribution < -0.4 is 14.8 Å². The highest BCUT2D eigenvalue weighted by Gasteiger charge is 2.09. The molecule has 0 aliphatic carbocycles. The first-order valence-corrected chi connectivity index (χ1v) is 10.9. The van der Waals surface area contributed by atoms with Crippen molar-refractivity contribution in [2.75, 3.05) is 5.32 Å². The standard InChI is InChI=1S/C24H19BrClN3O3/c25-19-6-2-8-22(11-19)31-15-17-4-1-5-18(10-17)24(30)28-21-13-27-29(14-21)16-32-23-9-3-7-20(26)12-23/h1-14H,15-16H2,(H,28,30). The average molecular weight is 513 g/mol. The van der Waals surface area contributed by atoms with Gasteiger partial charge in [-0.05, 0) is 54.1 Å². The second kappa shape index (κ2) is 10.3. The predicted octanol–water partition coefficient (Wildman–Crippen LogP) is 6.17. The largest absolute Gasteiger partial charge is 0.489 e. The van der Waals surface area contributed by atoms with Crippen molar-refractivity contribution < 1.29 is 14.3 Å². The lowest BCUT2D eigenvalue weighted by molar-refractivity contribution is 0.102. The summed E-state index contributed by atoms with van der Waals surface area (Å²) in [5, 5.41) is 7.65. The maximum absolute atomic E-state index is 12.7. The number of benzene rings is 3. The van der Waals surface area contributed by atoms with E-state index in [0.717, 1.165) is 15.8 Å². The molecule has 4 rings (SSSR count). The molecule has 6 nitrogen and oxygen atoms in total. The van der Waals surface area contributed by atoms with Crippen LogP contribution in [-0.4, -0.2) is 15.7 Å². The lowest BCUT2D eigenvalue weighted by atomic mass is 10.1. The number of amides is 1. The zero-order valence-electron chi connectivity index (χ0n) is 16.9. The highest BCUT2D eigenvalue weighted by atomic mass is 79.9. The second-order valence-electron chi connectivity index (χ2n) is 6.90. The molecule has 1 heterocycles. The third-order valence-corrected chi connectivity index (χ3v) is 5.17. The minimum absolute atomic E-state index is 0.193. The van der Waals surface area contributed by atoms with Gasteiger partial charge in [0.15, 0.2) is 6.73 Å². The van der Waals surface area contributed by atoms with Gasteiger partial charge >= 0.3 is 0 Å². The lowest BCUT2D eigenvalue weighted by Crippen LogP contribution is -2.12. The van der Waals surface area contributed by atoms with Crippen molar-refractivity contribution in [3.8, 4) is 11.5 Å². The molecule has 0 saturated heterocycles. The van der Waals surface area contributed by atoms with Crippen LogP contribution in [0.5, 0.6) is 11.5 Å². The normalized spacial score (nSPS) is 10.6. The van der Waals surface area contributed by atoms with Gasteiger partial charge in [0.2, 0.25) is 0 Å². The molecule has 32 heavy (non-hydrogen) atoms. The van der Waals surface area contributed by atoms with E-state index in [1.807, 2.05) is 48.5 Å². The number of halogens is 2. The molecule has 0 aliphatic heterocycles. The molecule has 0 aliphatic rings. The molecule has 0 bridgehead atoms. The smallest absolute Gasteiger partial charge is 0.255 e. The van der Waals surface area contributed by atoms with E-state index in [9.17, 15) is 4.79 Å². The quantitative estimate of drug-likeness (QED) is 0.307. The molecular formula is C24H19BrClN3O3. The Morgan fingerprint density at radius 1 is 1.00 bits per heavy atom. The number of hydrogen-bond acceptors (Lipinski definition) is 4. The fraction of sp³-hybridized carbons (Fsp3) is 0.0833. The van der Waals surface area contributed by atoms with Crippen LogP contribution >= 0.6 is 27.5 Å². The molecule has 3 aromatic carbocycles. The van der Waals surface area contributed by atoms with Gasteiger partial charge in [0.05, 0.1) is 18.1 Å². The topological polar surface area (TPSA) is 65.4 Å². The van der Waals surface area contributed by atoms with Crippen molar-refractivity contribution in [2.24, 2.45) is 0 Å². The summed E-state index contributed by atoms with van der Waals surface area (Å²) in [7, 11) is 0. The summed E-state index contributed by atoms with van der Waals surface area (Å²) in [6, 6.07) is 22.0. The number of ether oxygens (including phenoxy) is 2. The Hall–Kier alpha value is -3.29. The molecule has 1 aromatic heterocycles. The Kier molecular flexibility index (Phi) is 7.09. The van der Waals surface area contributed by atoms with Crippen LogP contribution in [-0.2, 0) is 13.3 Å². The Morgan fingerprint density at radius 3 is 2.59 bits per heavy atom. The number of hydrogen-bond donors (Lipinski definition) is 1. The fourth-order valence-electron chi connectivity index (χ4n) is 2.93. The van der Waals surface area contributed by atoms with Gasteiger partial charge in [0, 0.05) is 15.1 Å². The van der Waals surface area contributed by atoms with Crippen LogP contribution in [0.4, 0.5) is 5.69 Å². The summed E-state index contributed by atoms with van der Waals surface area (Å²) >= 11 is 9.38. The molecule has 0 unspecified atom stereocenters. The third-order valence-electron chi connectivity index (χ3n) is 4.44. The molecule has 4 aromatic rings. The number of nitrogens with zero attached hydrogens (tertiary/aromatic N) is 2. The molecule has 0 radical (unpaired) electrons. The van der Waals surface area contributed by atoms with E-state index in [1.54, 1.807) is 41.3 Å². The van der Waals surface area contributed by atoms with Gasteiger partial charge in [-0.1, -0.05) is 51.8 Å². The minimum Gasteiger partial charge on any atom is -0.489 e. The van der Waals surface area contributed by atoms with Crippen molar-refractivity contribution in [1.29, 1.82) is 0 Å².